The number of carbonyl (C=O) groups excluding carboxylic acids is 1. The van der Waals surface area contributed by atoms with Gasteiger partial charge >= 0.3 is 0 Å². The summed E-state index contributed by atoms with van der Waals surface area (Å²) in [6.45, 7) is 5.24. The van der Waals surface area contributed by atoms with Crippen LogP contribution in [0.4, 0.5) is 5.69 Å². The van der Waals surface area contributed by atoms with Gasteiger partial charge in [0.1, 0.15) is 0 Å². The molecule has 9 nitrogen and oxygen atoms in total. The number of carbonyl (C=O) groups is 1. The van der Waals surface area contributed by atoms with Gasteiger partial charge in [-0.15, -0.1) is 5.10 Å². The molecule has 10 heteroatoms. The highest BCUT2D eigenvalue weighted by atomic mass is 32.2. The molecule has 182 valence electrons. The van der Waals surface area contributed by atoms with Gasteiger partial charge in [0.05, 0.1) is 10.6 Å². The second-order valence-electron chi connectivity index (χ2n) is 8.44. The summed E-state index contributed by atoms with van der Waals surface area (Å²) >= 11 is 0. The van der Waals surface area contributed by atoms with Crippen molar-refractivity contribution in [3.63, 3.8) is 0 Å². The van der Waals surface area contributed by atoms with Crippen LogP contribution in [0.15, 0.2) is 59.5 Å². The number of rotatable bonds is 7. The highest BCUT2D eigenvalue weighted by Crippen LogP contribution is 2.26. The van der Waals surface area contributed by atoms with Crippen molar-refractivity contribution in [2.24, 2.45) is 0 Å². The van der Waals surface area contributed by atoms with Crippen LogP contribution in [0, 0.1) is 20.8 Å². The van der Waals surface area contributed by atoms with E-state index in [0.717, 1.165) is 32.4 Å². The minimum Gasteiger partial charge on any atom is -0.466 e. The van der Waals surface area contributed by atoms with E-state index in [0.29, 0.717) is 11.3 Å². The van der Waals surface area contributed by atoms with Crippen LogP contribution in [0.25, 0.3) is 16.9 Å². The van der Waals surface area contributed by atoms with E-state index in [4.69, 9.17) is 4.74 Å². The number of hydrogen-bond acceptors (Lipinski definition) is 6. The smallest absolute Gasteiger partial charge is 0.262 e. The van der Waals surface area contributed by atoms with E-state index in [2.05, 4.69) is 15.4 Å². The molecule has 2 heterocycles. The zero-order valence-electron chi connectivity index (χ0n) is 20.2. The maximum Gasteiger partial charge on any atom is 0.262 e. The molecule has 0 saturated carbocycles. The van der Waals surface area contributed by atoms with Crippen molar-refractivity contribution >= 4 is 27.3 Å². The highest BCUT2D eigenvalue weighted by molar-refractivity contribution is 7.89. The van der Waals surface area contributed by atoms with Gasteiger partial charge in [-0.1, -0.05) is 30.3 Å². The van der Waals surface area contributed by atoms with E-state index < -0.39 is 15.9 Å². The van der Waals surface area contributed by atoms with Gasteiger partial charge in [0, 0.05) is 37.1 Å². The first-order chi connectivity index (χ1) is 16.6. The summed E-state index contributed by atoms with van der Waals surface area (Å²) < 4.78 is 33.5. The van der Waals surface area contributed by atoms with Crippen LogP contribution < -0.4 is 10.1 Å². The summed E-state index contributed by atoms with van der Waals surface area (Å²) in [6, 6.07) is 16.5. The molecular formula is C25H27N5O4S. The predicted molar refractivity (Wildman–Crippen MR) is 134 cm³/mol. The van der Waals surface area contributed by atoms with Crippen LogP contribution in [0.3, 0.4) is 0 Å². The number of aryl methyl sites for hydroxylation is 2. The van der Waals surface area contributed by atoms with E-state index >= 15 is 0 Å². The summed E-state index contributed by atoms with van der Waals surface area (Å²) in [5.74, 6) is -0.170. The van der Waals surface area contributed by atoms with Crippen LogP contribution in [-0.2, 0) is 14.8 Å². The molecule has 0 bridgehead atoms. The summed E-state index contributed by atoms with van der Waals surface area (Å²) in [6.07, 6.45) is 0. The predicted octanol–water partition coefficient (Wildman–Crippen LogP) is 3.59. The lowest BCUT2D eigenvalue weighted by molar-refractivity contribution is -0.118. The first kappa shape index (κ1) is 24.4. The minimum atomic E-state index is -3.64. The molecule has 0 unspecified atom stereocenters. The zero-order chi connectivity index (χ0) is 25.3. The van der Waals surface area contributed by atoms with Crippen molar-refractivity contribution in [2.45, 2.75) is 25.7 Å². The molecule has 4 rings (SSSR count). The fraction of sp³-hybridized carbons (Fsp3) is 0.240. The molecule has 0 aliphatic heterocycles. The Morgan fingerprint density at radius 2 is 1.77 bits per heavy atom. The van der Waals surface area contributed by atoms with E-state index in [-0.39, 0.29) is 17.4 Å². The van der Waals surface area contributed by atoms with Crippen molar-refractivity contribution < 1.29 is 17.9 Å². The van der Waals surface area contributed by atoms with E-state index in [1.807, 2.05) is 50.2 Å². The molecule has 1 N–H and O–H groups in total. The van der Waals surface area contributed by atoms with Crippen molar-refractivity contribution in [1.82, 2.24) is 18.9 Å². The Kier molecular flexibility index (Phi) is 6.60. The lowest BCUT2D eigenvalue weighted by atomic mass is 10.1. The topological polar surface area (TPSA) is 106 Å². The molecule has 0 fully saturated rings. The van der Waals surface area contributed by atoms with Crippen LogP contribution in [-0.4, -0.2) is 53.9 Å². The van der Waals surface area contributed by atoms with Crippen LogP contribution >= 0.6 is 0 Å². The fourth-order valence-electron chi connectivity index (χ4n) is 3.57. The largest absolute Gasteiger partial charge is 0.466 e. The number of ether oxygens (including phenoxy) is 1. The van der Waals surface area contributed by atoms with Crippen molar-refractivity contribution in [2.75, 3.05) is 26.0 Å². The first-order valence-corrected chi connectivity index (χ1v) is 12.4. The van der Waals surface area contributed by atoms with Gasteiger partial charge < -0.3 is 10.1 Å². The third-order valence-corrected chi connectivity index (χ3v) is 7.49. The molecule has 2 aromatic heterocycles. The Morgan fingerprint density at radius 1 is 1.06 bits per heavy atom. The number of nitrogens with zero attached hydrogens (tertiary/aromatic N) is 4. The van der Waals surface area contributed by atoms with Gasteiger partial charge in [-0.3, -0.25) is 4.79 Å². The Morgan fingerprint density at radius 3 is 2.46 bits per heavy atom. The molecule has 0 radical (unpaired) electrons. The lowest BCUT2D eigenvalue weighted by Gasteiger charge is -2.16. The molecule has 1 amide bonds. The minimum absolute atomic E-state index is 0.109. The van der Waals surface area contributed by atoms with Gasteiger partial charge in [-0.25, -0.2) is 22.2 Å². The molecule has 4 aromatic rings. The Labute approximate surface area is 204 Å². The molecule has 0 spiro atoms. The molecule has 35 heavy (non-hydrogen) atoms. The van der Waals surface area contributed by atoms with Gasteiger partial charge in [0.2, 0.25) is 15.9 Å². The Balaban J connectivity index is 1.51. The second kappa shape index (κ2) is 9.47. The standard InChI is InChI=1S/C25H27N5O4S/c1-16-11-20(35(32,33)29(4)5)13-21(18(16)3)27-24(31)15-34-25-14-23-26-22(12-17(2)30(23)28-25)19-9-7-6-8-10-19/h6-14H,15H2,1-5H3,(H,27,31). The molecule has 2 aromatic carbocycles. The number of sulfonamides is 1. The van der Waals surface area contributed by atoms with Crippen molar-refractivity contribution in [3.8, 4) is 17.1 Å². The van der Waals surface area contributed by atoms with Crippen molar-refractivity contribution in [3.05, 3.63) is 71.4 Å². The summed E-state index contributed by atoms with van der Waals surface area (Å²) in [5, 5.41) is 7.14. The number of anilines is 1. The summed E-state index contributed by atoms with van der Waals surface area (Å²) in [7, 11) is -0.715. The number of amides is 1. The summed E-state index contributed by atoms with van der Waals surface area (Å²) in [5.41, 5.74) is 5.23. The SMILES string of the molecule is Cc1cc(S(=O)(=O)N(C)C)cc(NC(=O)COc2cc3nc(-c4ccccc4)cc(C)n3n2)c1C. The zero-order valence-corrected chi connectivity index (χ0v) is 21.0. The van der Waals surface area contributed by atoms with E-state index in [1.165, 1.54) is 20.2 Å². The normalized spacial score (nSPS) is 11.7. The second-order valence-corrected chi connectivity index (χ2v) is 10.6. The maximum atomic E-state index is 12.6. The molecule has 0 aliphatic carbocycles. The van der Waals surface area contributed by atoms with Gasteiger partial charge in [0.15, 0.2) is 12.3 Å². The maximum absolute atomic E-state index is 12.6. The fourth-order valence-corrected chi connectivity index (χ4v) is 4.59. The lowest BCUT2D eigenvalue weighted by Crippen LogP contribution is -2.24. The monoisotopic (exact) mass is 493 g/mol. The third kappa shape index (κ3) is 5.03. The molecule has 0 aliphatic rings. The number of nitrogens with one attached hydrogen (secondary N) is 1. The number of aromatic nitrogens is 3. The molecular weight excluding hydrogens is 466 g/mol. The van der Waals surface area contributed by atoms with Crippen LogP contribution in [0.5, 0.6) is 5.88 Å². The number of hydrogen-bond donors (Lipinski definition) is 1. The van der Waals surface area contributed by atoms with Gasteiger partial charge in [-0.05, 0) is 50.1 Å². The van der Waals surface area contributed by atoms with E-state index in [1.54, 1.807) is 23.6 Å². The van der Waals surface area contributed by atoms with Crippen LogP contribution in [0.2, 0.25) is 0 Å². The van der Waals surface area contributed by atoms with Gasteiger partial charge in [0.25, 0.3) is 5.91 Å². The third-order valence-electron chi connectivity index (χ3n) is 5.70. The first-order valence-electron chi connectivity index (χ1n) is 11.0. The average molecular weight is 494 g/mol. The van der Waals surface area contributed by atoms with E-state index in [9.17, 15) is 13.2 Å². The average Bonchev–Trinajstić information content (AvgIpc) is 3.24. The Hall–Kier alpha value is -3.76. The molecule has 0 saturated heterocycles. The molecule has 0 atom stereocenters. The Bertz CT molecular complexity index is 1510. The van der Waals surface area contributed by atoms with Crippen LogP contribution in [0.1, 0.15) is 16.8 Å². The highest BCUT2D eigenvalue weighted by Gasteiger charge is 2.20. The number of fused-ring (bicyclic) bond motifs is 1. The van der Waals surface area contributed by atoms with Gasteiger partial charge in [-0.2, -0.15) is 0 Å². The quantitative estimate of drug-likeness (QED) is 0.422. The number of benzene rings is 2. The summed E-state index contributed by atoms with van der Waals surface area (Å²) in [4.78, 5) is 17.4. The van der Waals surface area contributed by atoms with Crippen molar-refractivity contribution in [1.29, 1.82) is 0 Å².